The number of nitrogens with one attached hydrogen (secondary N) is 1. The molecule has 1 unspecified atom stereocenters. The lowest BCUT2D eigenvalue weighted by Gasteiger charge is -2.37. The minimum atomic E-state index is -5.13. The van der Waals surface area contributed by atoms with Crippen molar-refractivity contribution >= 4 is 22.3 Å². The zero-order valence-corrected chi connectivity index (χ0v) is 19.6. The third kappa shape index (κ3) is 4.87. The summed E-state index contributed by atoms with van der Waals surface area (Å²) in [6.45, 7) is -2.06. The first-order valence-corrected chi connectivity index (χ1v) is 11.6. The summed E-state index contributed by atoms with van der Waals surface area (Å²) in [7, 11) is 0. The maximum Gasteiger partial charge on any atom is 0.420 e. The van der Waals surface area contributed by atoms with Crippen LogP contribution < -0.4 is 10.2 Å². The predicted octanol–water partition coefficient (Wildman–Crippen LogP) is 5.96. The average Bonchev–Trinajstić information content (AvgIpc) is 3.61. The van der Waals surface area contributed by atoms with E-state index in [-0.39, 0.29) is 17.1 Å². The van der Waals surface area contributed by atoms with E-state index in [9.17, 15) is 35.8 Å². The Balaban J connectivity index is 1.45. The van der Waals surface area contributed by atoms with Crippen molar-refractivity contribution in [1.82, 2.24) is 9.78 Å². The van der Waals surface area contributed by atoms with E-state index in [1.807, 2.05) is 0 Å². The molecule has 1 fully saturated rings. The lowest BCUT2D eigenvalue weighted by molar-refractivity contribution is -0.250. The molecule has 1 aliphatic rings. The second-order valence-electron chi connectivity index (χ2n) is 9.23. The fourth-order valence-electron chi connectivity index (χ4n) is 4.32. The van der Waals surface area contributed by atoms with E-state index >= 15 is 0 Å². The van der Waals surface area contributed by atoms with E-state index in [4.69, 9.17) is 0 Å². The normalized spacial score (nSPS) is 15.5. The molecule has 0 amide bonds. The highest BCUT2D eigenvalue weighted by atomic mass is 19.4. The Morgan fingerprint density at radius 1 is 0.947 bits per heavy atom. The van der Waals surface area contributed by atoms with Crippen LogP contribution in [0, 0.1) is 23.3 Å². The fourth-order valence-corrected chi connectivity index (χ4v) is 4.32. The molecule has 5 rings (SSSR count). The van der Waals surface area contributed by atoms with E-state index in [2.05, 4.69) is 10.4 Å². The Labute approximate surface area is 212 Å². The summed E-state index contributed by atoms with van der Waals surface area (Å²) in [5.41, 5.74) is -3.30. The lowest BCUT2D eigenvalue weighted by Crippen LogP contribution is -2.58. The highest BCUT2D eigenvalue weighted by Gasteiger charge is 2.55. The van der Waals surface area contributed by atoms with Gasteiger partial charge in [0.1, 0.15) is 23.1 Å². The van der Waals surface area contributed by atoms with Crippen LogP contribution in [0.15, 0.2) is 60.8 Å². The van der Waals surface area contributed by atoms with Crippen molar-refractivity contribution in [3.05, 3.63) is 84.1 Å². The summed E-state index contributed by atoms with van der Waals surface area (Å²) >= 11 is 0. The maximum atomic E-state index is 14.5. The summed E-state index contributed by atoms with van der Waals surface area (Å²) in [4.78, 5) is 1.05. The first kappa shape index (κ1) is 25.8. The van der Waals surface area contributed by atoms with Crippen LogP contribution in [0.2, 0.25) is 0 Å². The largest absolute Gasteiger partial charge is 0.420 e. The minimum absolute atomic E-state index is 0.0671. The molecule has 1 atom stereocenters. The van der Waals surface area contributed by atoms with Gasteiger partial charge in [0.25, 0.3) is 0 Å². The van der Waals surface area contributed by atoms with E-state index in [0.717, 1.165) is 29.2 Å². The van der Waals surface area contributed by atoms with Crippen LogP contribution in [-0.2, 0) is 0 Å². The van der Waals surface area contributed by atoms with Crippen molar-refractivity contribution in [3.8, 4) is 5.69 Å². The quantitative estimate of drug-likeness (QED) is 0.272. The summed E-state index contributed by atoms with van der Waals surface area (Å²) in [5.74, 6) is -3.39. The van der Waals surface area contributed by atoms with E-state index in [0.29, 0.717) is 29.8 Å². The van der Waals surface area contributed by atoms with Crippen LogP contribution in [-0.4, -0.2) is 45.8 Å². The van der Waals surface area contributed by atoms with Crippen LogP contribution in [0.3, 0.4) is 0 Å². The van der Waals surface area contributed by atoms with Crippen LogP contribution in [0.25, 0.3) is 16.6 Å². The highest BCUT2D eigenvalue weighted by Crippen LogP contribution is 2.39. The van der Waals surface area contributed by atoms with Gasteiger partial charge in [-0.3, -0.25) is 0 Å². The van der Waals surface area contributed by atoms with Crippen LogP contribution in [0.5, 0.6) is 0 Å². The number of alkyl halides is 3. The highest BCUT2D eigenvalue weighted by molar-refractivity contribution is 5.92. The Morgan fingerprint density at radius 3 is 2.34 bits per heavy atom. The smallest absolute Gasteiger partial charge is 0.381 e. The van der Waals surface area contributed by atoms with Crippen LogP contribution in [0.4, 0.5) is 42.1 Å². The molecule has 3 aromatic carbocycles. The van der Waals surface area contributed by atoms with Crippen molar-refractivity contribution in [2.24, 2.45) is 0 Å². The summed E-state index contributed by atoms with van der Waals surface area (Å²) < 4.78 is 99.7. The van der Waals surface area contributed by atoms with E-state index in [1.54, 1.807) is 6.07 Å². The van der Waals surface area contributed by atoms with Gasteiger partial charge in [0.05, 0.1) is 30.5 Å². The molecule has 12 heteroatoms. The molecule has 0 aliphatic heterocycles. The molecule has 1 saturated carbocycles. The molecule has 4 aromatic rings. The number of anilines is 2. The number of rotatable bonds is 8. The summed E-state index contributed by atoms with van der Waals surface area (Å²) in [5, 5.41) is 17.8. The summed E-state index contributed by atoms with van der Waals surface area (Å²) in [6, 6.07) is 9.42. The van der Waals surface area contributed by atoms with Gasteiger partial charge in [0, 0.05) is 29.2 Å². The van der Waals surface area contributed by atoms with Gasteiger partial charge in [-0.05, 0) is 49.2 Å². The van der Waals surface area contributed by atoms with Crippen molar-refractivity contribution in [2.75, 3.05) is 23.3 Å². The standard InChI is InChI=1S/C26H21F7N4O/c27-15-5-9-23(20(30)10-15)37-22-3-1-2-21(18(22)12-35-37)34-13-25(38,26(31,32)33)14-36(17-6-7-17)24-11-16(28)4-8-19(24)29/h1-5,8-12,17,34,38H,6-7,13-14H2. The Bertz CT molecular complexity index is 1480. The van der Waals surface area contributed by atoms with Gasteiger partial charge in [-0.15, -0.1) is 0 Å². The van der Waals surface area contributed by atoms with Crippen molar-refractivity contribution in [3.63, 3.8) is 0 Å². The molecule has 2 N–H and O–H groups in total. The van der Waals surface area contributed by atoms with Crippen molar-refractivity contribution in [2.45, 2.75) is 30.7 Å². The van der Waals surface area contributed by atoms with Gasteiger partial charge in [-0.1, -0.05) is 6.07 Å². The number of halogens is 7. The molecule has 1 heterocycles. The predicted molar refractivity (Wildman–Crippen MR) is 127 cm³/mol. The molecule has 0 bridgehead atoms. The van der Waals surface area contributed by atoms with Gasteiger partial charge in [-0.2, -0.15) is 18.3 Å². The van der Waals surface area contributed by atoms with E-state index in [1.165, 1.54) is 29.1 Å². The molecular weight excluding hydrogens is 517 g/mol. The number of benzene rings is 3. The maximum absolute atomic E-state index is 14.5. The van der Waals surface area contributed by atoms with E-state index < -0.39 is 54.2 Å². The number of aromatic nitrogens is 2. The second kappa shape index (κ2) is 9.50. The number of nitrogens with zero attached hydrogens (tertiary/aromatic N) is 3. The number of fused-ring (bicyclic) bond motifs is 1. The lowest BCUT2D eigenvalue weighted by atomic mass is 10.0. The van der Waals surface area contributed by atoms with Crippen molar-refractivity contribution in [1.29, 1.82) is 0 Å². The first-order valence-electron chi connectivity index (χ1n) is 11.6. The average molecular weight is 538 g/mol. The number of hydrogen-bond donors (Lipinski definition) is 2. The Hall–Kier alpha value is -3.80. The van der Waals surface area contributed by atoms with Crippen LogP contribution in [0.1, 0.15) is 12.8 Å². The van der Waals surface area contributed by atoms with Crippen LogP contribution >= 0.6 is 0 Å². The molecule has 1 aromatic heterocycles. The molecule has 0 spiro atoms. The summed E-state index contributed by atoms with van der Waals surface area (Å²) in [6.07, 6.45) is -2.90. The monoisotopic (exact) mass is 538 g/mol. The SMILES string of the molecule is OC(CNc1cccc2c1cnn2-c1ccc(F)cc1F)(CN(c1cc(F)ccc1F)C1CC1)C(F)(F)F. The van der Waals surface area contributed by atoms with Gasteiger partial charge >= 0.3 is 6.18 Å². The molecule has 0 radical (unpaired) electrons. The number of hydrogen-bond acceptors (Lipinski definition) is 4. The van der Waals surface area contributed by atoms with Gasteiger partial charge in [0.2, 0.25) is 0 Å². The molecular formula is C26H21F7N4O. The zero-order chi connectivity index (χ0) is 27.2. The van der Waals surface area contributed by atoms with Crippen molar-refractivity contribution < 1.29 is 35.8 Å². The van der Waals surface area contributed by atoms with Gasteiger partial charge < -0.3 is 15.3 Å². The molecule has 200 valence electrons. The van der Waals surface area contributed by atoms with Gasteiger partial charge in [-0.25, -0.2) is 22.2 Å². The van der Waals surface area contributed by atoms with Gasteiger partial charge in [0.15, 0.2) is 11.4 Å². The fraction of sp³-hybridized carbons (Fsp3) is 0.269. The third-order valence-corrected chi connectivity index (χ3v) is 6.49. The molecule has 0 saturated heterocycles. The Morgan fingerprint density at radius 2 is 1.66 bits per heavy atom. The first-order chi connectivity index (χ1) is 18.0. The Kier molecular flexibility index (Phi) is 6.46. The third-order valence-electron chi connectivity index (χ3n) is 6.49. The molecule has 1 aliphatic carbocycles. The molecule has 38 heavy (non-hydrogen) atoms. The zero-order valence-electron chi connectivity index (χ0n) is 19.6. The minimum Gasteiger partial charge on any atom is -0.381 e. The second-order valence-corrected chi connectivity index (χ2v) is 9.23. The number of aliphatic hydroxyl groups is 1. The molecule has 5 nitrogen and oxygen atoms in total. The topological polar surface area (TPSA) is 53.3 Å².